The van der Waals surface area contributed by atoms with Crippen LogP contribution in [0.15, 0.2) is 24.3 Å². The lowest BCUT2D eigenvalue weighted by Crippen LogP contribution is -1.93. The molecule has 4 nitrogen and oxygen atoms in total. The van der Waals surface area contributed by atoms with Crippen molar-refractivity contribution < 1.29 is 20.1 Å². The molecule has 0 fully saturated rings. The van der Waals surface area contributed by atoms with Gasteiger partial charge in [-0.05, 0) is 30.7 Å². The molecule has 0 atom stereocenters. The van der Waals surface area contributed by atoms with Crippen LogP contribution in [0.25, 0.3) is 0 Å². The molecule has 0 aliphatic heterocycles. The van der Waals surface area contributed by atoms with Crippen LogP contribution >= 0.6 is 0 Å². The number of hydrogen-bond acceptors (Lipinski definition) is 3. The van der Waals surface area contributed by atoms with Crippen molar-refractivity contribution in [1.82, 2.24) is 0 Å². The molecule has 0 radical (unpaired) electrons. The maximum absolute atomic E-state index is 10.2. The predicted molar refractivity (Wildman–Crippen MR) is 84.6 cm³/mol. The predicted octanol–water partition coefficient (Wildman–Crippen LogP) is 4.70. The lowest BCUT2D eigenvalue weighted by Gasteiger charge is -1.99. The molecule has 1 aromatic carbocycles. The standard InChI is InChI=1S/C11H22O2.C6H6O2/c1-2-3-4-5-6-7-8-9-10-11(12)13;7-5-1-2-6(8)4-3-5/h2-10H2,1H3,(H,12,13);1-4,7-8H. The first kappa shape index (κ1) is 19.3. The summed E-state index contributed by atoms with van der Waals surface area (Å²) in [4.78, 5) is 10.2. The van der Waals surface area contributed by atoms with Crippen molar-refractivity contribution in [2.45, 2.75) is 64.7 Å². The van der Waals surface area contributed by atoms with E-state index >= 15 is 0 Å². The third kappa shape index (κ3) is 14.5. The smallest absolute Gasteiger partial charge is 0.303 e. The lowest BCUT2D eigenvalue weighted by molar-refractivity contribution is -0.137. The highest BCUT2D eigenvalue weighted by Crippen LogP contribution is 2.13. The largest absolute Gasteiger partial charge is 0.508 e. The fourth-order valence-electron chi connectivity index (χ4n) is 1.86. The number of aromatic hydroxyl groups is 2. The lowest BCUT2D eigenvalue weighted by atomic mass is 10.1. The molecule has 0 aliphatic carbocycles. The quantitative estimate of drug-likeness (QED) is 0.456. The molecule has 0 unspecified atom stereocenters. The van der Waals surface area contributed by atoms with Gasteiger partial charge < -0.3 is 15.3 Å². The van der Waals surface area contributed by atoms with Gasteiger partial charge in [0.05, 0.1) is 0 Å². The summed E-state index contributed by atoms with van der Waals surface area (Å²) in [5, 5.41) is 25.7. The second kappa shape index (κ2) is 13.3. The first-order valence-corrected chi connectivity index (χ1v) is 7.76. The highest BCUT2D eigenvalue weighted by Gasteiger charge is 1.96. The van der Waals surface area contributed by atoms with Crippen molar-refractivity contribution in [3.8, 4) is 11.5 Å². The van der Waals surface area contributed by atoms with Gasteiger partial charge in [0, 0.05) is 6.42 Å². The van der Waals surface area contributed by atoms with E-state index in [-0.39, 0.29) is 11.5 Å². The van der Waals surface area contributed by atoms with E-state index in [9.17, 15) is 4.79 Å². The summed E-state index contributed by atoms with van der Waals surface area (Å²) >= 11 is 0. The third-order valence-electron chi connectivity index (χ3n) is 3.09. The summed E-state index contributed by atoms with van der Waals surface area (Å²) < 4.78 is 0. The number of rotatable bonds is 9. The molecule has 1 aromatic rings. The van der Waals surface area contributed by atoms with E-state index in [4.69, 9.17) is 15.3 Å². The molecule has 0 heterocycles. The maximum Gasteiger partial charge on any atom is 0.303 e. The summed E-state index contributed by atoms with van der Waals surface area (Å²) in [5.74, 6) is -0.323. The van der Waals surface area contributed by atoms with Crippen LogP contribution < -0.4 is 0 Å². The number of unbranched alkanes of at least 4 members (excludes halogenated alkanes) is 7. The van der Waals surface area contributed by atoms with E-state index < -0.39 is 5.97 Å². The molecular weight excluding hydrogens is 268 g/mol. The van der Waals surface area contributed by atoms with Gasteiger partial charge >= 0.3 is 5.97 Å². The molecule has 0 saturated heterocycles. The Morgan fingerprint density at radius 2 is 1.19 bits per heavy atom. The number of hydrogen-bond donors (Lipinski definition) is 3. The van der Waals surface area contributed by atoms with E-state index in [1.807, 2.05) is 0 Å². The van der Waals surface area contributed by atoms with Gasteiger partial charge in [-0.2, -0.15) is 0 Å². The number of benzene rings is 1. The van der Waals surface area contributed by atoms with Gasteiger partial charge in [-0.3, -0.25) is 4.79 Å². The van der Waals surface area contributed by atoms with Crippen LogP contribution in [0.3, 0.4) is 0 Å². The molecule has 21 heavy (non-hydrogen) atoms. The van der Waals surface area contributed by atoms with Crippen molar-refractivity contribution in [3.05, 3.63) is 24.3 Å². The van der Waals surface area contributed by atoms with E-state index in [0.717, 1.165) is 12.8 Å². The summed E-state index contributed by atoms with van der Waals surface area (Å²) in [7, 11) is 0. The first-order valence-electron chi connectivity index (χ1n) is 7.76. The van der Waals surface area contributed by atoms with Crippen LogP contribution in [0.2, 0.25) is 0 Å². The Balaban J connectivity index is 0.000000423. The van der Waals surface area contributed by atoms with Crippen molar-refractivity contribution in [2.75, 3.05) is 0 Å². The van der Waals surface area contributed by atoms with Gasteiger partial charge in [0.1, 0.15) is 11.5 Å². The molecule has 3 N–H and O–H groups in total. The van der Waals surface area contributed by atoms with Gasteiger partial charge in [0.25, 0.3) is 0 Å². The fourth-order valence-corrected chi connectivity index (χ4v) is 1.86. The molecule has 0 aliphatic rings. The zero-order valence-corrected chi connectivity index (χ0v) is 12.9. The summed E-state index contributed by atoms with van der Waals surface area (Å²) in [6, 6.07) is 5.70. The van der Waals surface area contributed by atoms with Crippen LogP contribution in [0.1, 0.15) is 64.7 Å². The number of carboxylic acid groups (broad SMARTS) is 1. The molecule has 0 bridgehead atoms. The SMILES string of the molecule is CCCCCCCCCCC(=O)O.Oc1ccc(O)cc1. The Hall–Kier alpha value is -1.71. The average Bonchev–Trinajstić information content (AvgIpc) is 2.45. The number of carboxylic acids is 1. The zero-order valence-electron chi connectivity index (χ0n) is 12.9. The molecule has 0 saturated carbocycles. The minimum atomic E-state index is -0.661. The molecule has 0 amide bonds. The number of aliphatic carboxylic acids is 1. The van der Waals surface area contributed by atoms with Crippen molar-refractivity contribution in [1.29, 1.82) is 0 Å². The number of phenolic OH excluding ortho intramolecular Hbond substituents is 2. The summed E-state index contributed by atoms with van der Waals surface area (Å²) in [5.41, 5.74) is 0. The Morgan fingerprint density at radius 1 is 0.810 bits per heavy atom. The van der Waals surface area contributed by atoms with Gasteiger partial charge in [0.2, 0.25) is 0 Å². The van der Waals surface area contributed by atoms with Gasteiger partial charge in [0.15, 0.2) is 0 Å². The first-order chi connectivity index (χ1) is 10.1. The molecule has 1 rings (SSSR count). The van der Waals surface area contributed by atoms with Crippen molar-refractivity contribution in [3.63, 3.8) is 0 Å². The van der Waals surface area contributed by atoms with E-state index in [1.54, 1.807) is 0 Å². The van der Waals surface area contributed by atoms with E-state index in [2.05, 4.69) is 6.92 Å². The Kier molecular flexibility index (Phi) is 12.2. The van der Waals surface area contributed by atoms with Crippen LogP contribution in [0, 0.1) is 0 Å². The molecule has 0 spiro atoms. The van der Waals surface area contributed by atoms with Gasteiger partial charge in [-0.25, -0.2) is 0 Å². The van der Waals surface area contributed by atoms with Crippen molar-refractivity contribution in [2.24, 2.45) is 0 Å². The normalized spacial score (nSPS) is 9.76. The highest BCUT2D eigenvalue weighted by molar-refractivity contribution is 5.66. The van der Waals surface area contributed by atoms with Gasteiger partial charge in [-0.15, -0.1) is 0 Å². The van der Waals surface area contributed by atoms with Crippen LogP contribution in [0.4, 0.5) is 0 Å². The Morgan fingerprint density at radius 3 is 1.57 bits per heavy atom. The van der Waals surface area contributed by atoms with E-state index in [1.165, 1.54) is 62.8 Å². The number of phenols is 2. The average molecular weight is 296 g/mol. The van der Waals surface area contributed by atoms with Gasteiger partial charge in [-0.1, -0.05) is 51.9 Å². The zero-order chi connectivity index (χ0) is 15.9. The van der Waals surface area contributed by atoms with E-state index in [0.29, 0.717) is 6.42 Å². The maximum atomic E-state index is 10.2. The van der Waals surface area contributed by atoms with Crippen LogP contribution in [-0.2, 0) is 4.79 Å². The molecule has 0 aromatic heterocycles. The van der Waals surface area contributed by atoms with Crippen LogP contribution in [0.5, 0.6) is 11.5 Å². The molecule has 4 heteroatoms. The van der Waals surface area contributed by atoms with Crippen molar-refractivity contribution >= 4 is 5.97 Å². The highest BCUT2D eigenvalue weighted by atomic mass is 16.4. The molecular formula is C17H28O4. The fraction of sp³-hybridized carbons (Fsp3) is 0.588. The van der Waals surface area contributed by atoms with Crippen LogP contribution in [-0.4, -0.2) is 21.3 Å². The second-order valence-electron chi connectivity index (χ2n) is 5.14. The minimum Gasteiger partial charge on any atom is -0.508 e. The number of carbonyl (C=O) groups is 1. The Bertz CT molecular complexity index is 339. The summed E-state index contributed by atoms with van der Waals surface area (Å²) in [6.07, 6.45) is 10.1. The molecule has 120 valence electrons. The third-order valence-corrected chi connectivity index (χ3v) is 3.09. The monoisotopic (exact) mass is 296 g/mol. The minimum absolute atomic E-state index is 0.169. The Labute approximate surface area is 127 Å². The topological polar surface area (TPSA) is 77.8 Å². The second-order valence-corrected chi connectivity index (χ2v) is 5.14. The summed E-state index contributed by atoms with van der Waals surface area (Å²) in [6.45, 7) is 2.22.